The normalized spacial score (nSPS) is 25.4. The highest BCUT2D eigenvalue weighted by atomic mass is 16.6. The fraction of sp³-hybridized carbons (Fsp3) is 0.600. The topological polar surface area (TPSA) is 73.6 Å². The van der Waals surface area contributed by atoms with E-state index in [4.69, 9.17) is 9.47 Å². The van der Waals surface area contributed by atoms with Crippen LogP contribution in [0.5, 0.6) is 5.75 Å². The van der Waals surface area contributed by atoms with Gasteiger partial charge in [-0.15, -0.1) is 0 Å². The smallest absolute Gasteiger partial charge is 0.275 e. The first-order chi connectivity index (χ1) is 9.97. The van der Waals surface area contributed by atoms with Crippen molar-refractivity contribution in [1.29, 1.82) is 0 Å². The quantitative estimate of drug-likeness (QED) is 0.666. The van der Waals surface area contributed by atoms with Crippen molar-refractivity contribution >= 4 is 11.4 Å². The number of benzene rings is 1. The van der Waals surface area contributed by atoms with Crippen LogP contribution in [-0.4, -0.2) is 29.8 Å². The third-order valence-corrected chi connectivity index (χ3v) is 3.44. The van der Waals surface area contributed by atoms with Gasteiger partial charge in [0.1, 0.15) is 11.9 Å². The van der Waals surface area contributed by atoms with Crippen LogP contribution in [0.25, 0.3) is 0 Å². The lowest BCUT2D eigenvalue weighted by Crippen LogP contribution is -2.35. The Bertz CT molecular complexity index is 496. The van der Waals surface area contributed by atoms with Crippen LogP contribution < -0.4 is 10.1 Å². The number of ether oxygens (including phenoxy) is 2. The van der Waals surface area contributed by atoms with E-state index in [1.165, 1.54) is 12.1 Å². The van der Waals surface area contributed by atoms with Crippen LogP contribution in [0.2, 0.25) is 0 Å². The van der Waals surface area contributed by atoms with Gasteiger partial charge in [-0.05, 0) is 20.8 Å². The van der Waals surface area contributed by atoms with Gasteiger partial charge in [-0.2, -0.15) is 0 Å². The van der Waals surface area contributed by atoms with Crippen molar-refractivity contribution in [2.75, 3.05) is 11.9 Å². The number of rotatable bonds is 5. The first-order valence-corrected chi connectivity index (χ1v) is 7.33. The Morgan fingerprint density at radius 3 is 2.57 bits per heavy atom. The summed E-state index contributed by atoms with van der Waals surface area (Å²) in [5.74, 6) is 0.534. The second-order valence-electron chi connectivity index (χ2n) is 5.47. The van der Waals surface area contributed by atoms with Gasteiger partial charge in [0.2, 0.25) is 0 Å². The number of anilines is 1. The molecule has 2 unspecified atom stereocenters. The summed E-state index contributed by atoms with van der Waals surface area (Å²) in [5.41, 5.74) is 0.742. The monoisotopic (exact) mass is 294 g/mol. The van der Waals surface area contributed by atoms with Crippen LogP contribution in [0.3, 0.4) is 0 Å². The molecule has 0 aromatic heterocycles. The predicted octanol–water partition coefficient (Wildman–Crippen LogP) is 3.36. The molecular weight excluding hydrogens is 272 g/mol. The number of nitrogens with zero attached hydrogens (tertiary/aromatic N) is 1. The largest absolute Gasteiger partial charge is 0.490 e. The van der Waals surface area contributed by atoms with E-state index in [-0.39, 0.29) is 24.0 Å². The zero-order chi connectivity index (χ0) is 15.4. The summed E-state index contributed by atoms with van der Waals surface area (Å²) in [6, 6.07) is 4.80. The highest BCUT2D eigenvalue weighted by Crippen LogP contribution is 2.29. The summed E-state index contributed by atoms with van der Waals surface area (Å²) in [7, 11) is 0. The number of nitrogens with one attached hydrogen (secondary N) is 1. The number of hydrogen-bond acceptors (Lipinski definition) is 5. The van der Waals surface area contributed by atoms with Crippen LogP contribution in [0.4, 0.5) is 11.4 Å². The fourth-order valence-corrected chi connectivity index (χ4v) is 2.70. The first-order valence-electron chi connectivity index (χ1n) is 7.33. The lowest BCUT2D eigenvalue weighted by atomic mass is 10.0. The molecule has 2 rings (SSSR count). The molecule has 0 bridgehead atoms. The second-order valence-corrected chi connectivity index (χ2v) is 5.47. The van der Waals surface area contributed by atoms with Gasteiger partial charge in [0.15, 0.2) is 0 Å². The lowest BCUT2D eigenvalue weighted by molar-refractivity contribution is -0.384. The Kier molecular flexibility index (Phi) is 5.01. The van der Waals surface area contributed by atoms with Gasteiger partial charge in [-0.25, -0.2) is 0 Å². The van der Waals surface area contributed by atoms with Crippen molar-refractivity contribution in [1.82, 2.24) is 0 Å². The van der Waals surface area contributed by atoms with Crippen molar-refractivity contribution in [3.05, 3.63) is 28.3 Å². The summed E-state index contributed by atoms with van der Waals surface area (Å²) in [6.07, 6.45) is 1.91. The molecule has 0 aliphatic carbocycles. The number of nitro benzene ring substituents is 1. The summed E-state index contributed by atoms with van der Waals surface area (Å²) < 4.78 is 11.6. The first kappa shape index (κ1) is 15.6. The van der Waals surface area contributed by atoms with E-state index in [1.807, 2.05) is 20.8 Å². The fourth-order valence-electron chi connectivity index (χ4n) is 2.70. The lowest BCUT2D eigenvalue weighted by Gasteiger charge is -2.32. The van der Waals surface area contributed by atoms with Gasteiger partial charge < -0.3 is 14.8 Å². The summed E-state index contributed by atoms with van der Waals surface area (Å²) >= 11 is 0. The zero-order valence-electron chi connectivity index (χ0n) is 12.7. The molecule has 6 nitrogen and oxygen atoms in total. The van der Waals surface area contributed by atoms with E-state index in [1.54, 1.807) is 6.07 Å². The standard InChI is InChI=1S/C15H22N2O4/c1-4-16-12-7-13(17(18)19)9-15(8-12)21-14-5-10(2)20-11(3)6-14/h7-11,14,16H,4-6H2,1-3H3. The molecule has 116 valence electrons. The molecule has 1 fully saturated rings. The van der Waals surface area contributed by atoms with E-state index >= 15 is 0 Å². The van der Waals surface area contributed by atoms with Crippen LogP contribution in [0, 0.1) is 10.1 Å². The van der Waals surface area contributed by atoms with Crippen LogP contribution in [-0.2, 0) is 4.74 Å². The van der Waals surface area contributed by atoms with Gasteiger partial charge in [0.25, 0.3) is 5.69 Å². The average molecular weight is 294 g/mol. The highest BCUT2D eigenvalue weighted by molar-refractivity contribution is 5.56. The van der Waals surface area contributed by atoms with Crippen LogP contribution in [0.1, 0.15) is 33.6 Å². The van der Waals surface area contributed by atoms with Gasteiger partial charge in [0, 0.05) is 37.2 Å². The Balaban J connectivity index is 2.16. The van der Waals surface area contributed by atoms with Crippen molar-refractivity contribution in [3.63, 3.8) is 0 Å². The Morgan fingerprint density at radius 2 is 2.00 bits per heavy atom. The maximum Gasteiger partial charge on any atom is 0.275 e. The van der Waals surface area contributed by atoms with Crippen molar-refractivity contribution < 1.29 is 14.4 Å². The molecule has 1 saturated heterocycles. The van der Waals surface area contributed by atoms with E-state index in [9.17, 15) is 10.1 Å². The molecule has 2 atom stereocenters. The zero-order valence-corrected chi connectivity index (χ0v) is 12.7. The van der Waals surface area contributed by atoms with Gasteiger partial charge >= 0.3 is 0 Å². The van der Waals surface area contributed by atoms with Crippen molar-refractivity contribution in [3.8, 4) is 5.75 Å². The summed E-state index contributed by atoms with van der Waals surface area (Å²) in [5, 5.41) is 14.1. The third-order valence-electron chi connectivity index (χ3n) is 3.44. The number of hydrogen-bond donors (Lipinski definition) is 1. The Hall–Kier alpha value is -1.82. The molecule has 1 aliphatic rings. The Morgan fingerprint density at radius 1 is 1.33 bits per heavy atom. The highest BCUT2D eigenvalue weighted by Gasteiger charge is 2.26. The summed E-state index contributed by atoms with van der Waals surface area (Å²) in [4.78, 5) is 10.6. The summed E-state index contributed by atoms with van der Waals surface area (Å²) in [6.45, 7) is 6.68. The molecule has 1 aromatic rings. The Labute approximate surface area is 124 Å². The van der Waals surface area contributed by atoms with E-state index < -0.39 is 4.92 Å². The molecule has 0 saturated carbocycles. The van der Waals surface area contributed by atoms with Crippen LogP contribution >= 0.6 is 0 Å². The second kappa shape index (κ2) is 6.76. The van der Waals surface area contributed by atoms with Gasteiger partial charge in [-0.3, -0.25) is 10.1 Å². The van der Waals surface area contributed by atoms with Crippen molar-refractivity contribution in [2.24, 2.45) is 0 Å². The van der Waals surface area contributed by atoms with Crippen molar-refractivity contribution in [2.45, 2.75) is 51.9 Å². The average Bonchev–Trinajstić information content (AvgIpc) is 2.37. The maximum absolute atomic E-state index is 11.0. The molecule has 1 heterocycles. The van der Waals surface area contributed by atoms with Crippen LogP contribution in [0.15, 0.2) is 18.2 Å². The minimum atomic E-state index is -0.400. The molecule has 1 N–H and O–H groups in total. The number of nitro groups is 1. The van der Waals surface area contributed by atoms with Gasteiger partial charge in [0.05, 0.1) is 23.2 Å². The van der Waals surface area contributed by atoms with E-state index in [0.29, 0.717) is 18.0 Å². The molecule has 21 heavy (non-hydrogen) atoms. The van der Waals surface area contributed by atoms with E-state index in [0.717, 1.165) is 12.8 Å². The van der Waals surface area contributed by atoms with E-state index in [2.05, 4.69) is 5.32 Å². The van der Waals surface area contributed by atoms with Gasteiger partial charge in [-0.1, -0.05) is 0 Å². The molecule has 6 heteroatoms. The third kappa shape index (κ3) is 4.32. The maximum atomic E-state index is 11.0. The molecule has 0 spiro atoms. The molecule has 0 amide bonds. The number of non-ortho nitro benzene ring substituents is 1. The SMILES string of the molecule is CCNc1cc(OC2CC(C)OC(C)C2)cc([N+](=O)[O-])c1. The predicted molar refractivity (Wildman–Crippen MR) is 80.9 cm³/mol. The molecule has 0 radical (unpaired) electrons. The molecule has 1 aliphatic heterocycles. The minimum Gasteiger partial charge on any atom is -0.490 e. The molecule has 1 aromatic carbocycles. The molecular formula is C15H22N2O4. The minimum absolute atomic E-state index is 0.0280.